The molecule has 0 aromatic carbocycles. The van der Waals surface area contributed by atoms with Crippen LogP contribution in [0.15, 0.2) is 0 Å². The third-order valence-corrected chi connectivity index (χ3v) is 5.57. The third kappa shape index (κ3) is 5.77. The second-order valence-corrected chi connectivity index (χ2v) is 7.53. The lowest BCUT2D eigenvalue weighted by Crippen LogP contribution is -2.52. The van der Waals surface area contributed by atoms with Gasteiger partial charge in [-0.3, -0.25) is 0 Å². The molecule has 0 atom stereocenters. The Morgan fingerprint density at radius 3 is 2.42 bits per heavy atom. The van der Waals surface area contributed by atoms with Crippen LogP contribution < -0.4 is 10.0 Å². The zero-order valence-electron chi connectivity index (χ0n) is 12.5. The van der Waals surface area contributed by atoms with Gasteiger partial charge >= 0.3 is 0 Å². The quantitative estimate of drug-likeness (QED) is 0.666. The van der Waals surface area contributed by atoms with Crippen LogP contribution in [0.1, 0.15) is 52.4 Å². The van der Waals surface area contributed by atoms with Gasteiger partial charge in [0.2, 0.25) is 0 Å². The first-order chi connectivity index (χ1) is 8.90. The predicted octanol–water partition coefficient (Wildman–Crippen LogP) is 1.47. The summed E-state index contributed by atoms with van der Waals surface area (Å²) in [6, 6.07) is 0. The third-order valence-electron chi connectivity index (χ3n) is 3.82. The Bertz CT molecular complexity index is 351. The normalized spacial score (nSPS) is 19.8. The number of hydrogen-bond donors (Lipinski definition) is 2. The molecular formula is C13H29N3O2S. The summed E-state index contributed by atoms with van der Waals surface area (Å²) in [6.45, 7) is 6.40. The lowest BCUT2D eigenvalue weighted by Gasteiger charge is -2.35. The molecule has 0 aromatic rings. The van der Waals surface area contributed by atoms with E-state index in [-0.39, 0.29) is 5.54 Å². The fraction of sp³-hybridized carbons (Fsp3) is 1.00. The van der Waals surface area contributed by atoms with Crippen molar-refractivity contribution >= 4 is 10.2 Å². The van der Waals surface area contributed by atoms with E-state index in [1.165, 1.54) is 10.7 Å². The molecule has 0 bridgehead atoms. The van der Waals surface area contributed by atoms with E-state index in [1.54, 1.807) is 7.05 Å². The summed E-state index contributed by atoms with van der Waals surface area (Å²) in [5.41, 5.74) is -0.257. The van der Waals surface area contributed by atoms with Crippen molar-refractivity contribution in [3.63, 3.8) is 0 Å². The molecule has 0 spiro atoms. The van der Waals surface area contributed by atoms with Crippen molar-refractivity contribution in [3.05, 3.63) is 0 Å². The SMILES string of the molecule is CCNCCCN(C)S(=O)(=O)NC1(C)CCCCC1. The molecule has 0 saturated heterocycles. The Morgan fingerprint density at radius 2 is 1.84 bits per heavy atom. The van der Waals surface area contributed by atoms with Crippen LogP contribution in [0, 0.1) is 0 Å². The second-order valence-electron chi connectivity index (χ2n) is 5.76. The zero-order chi connectivity index (χ0) is 14.4. The standard InChI is InChI=1S/C13H29N3O2S/c1-4-14-11-8-12-16(3)19(17,18)15-13(2)9-6-5-7-10-13/h14-15H,4-12H2,1-3H3. The van der Waals surface area contributed by atoms with Crippen LogP contribution in [0.4, 0.5) is 0 Å². The summed E-state index contributed by atoms with van der Waals surface area (Å²) >= 11 is 0. The molecule has 5 nitrogen and oxygen atoms in total. The molecule has 0 heterocycles. The Labute approximate surface area is 118 Å². The summed E-state index contributed by atoms with van der Waals surface area (Å²) in [6.07, 6.45) is 6.17. The first kappa shape index (κ1) is 16.9. The molecule has 1 aliphatic carbocycles. The van der Waals surface area contributed by atoms with Gasteiger partial charge in [0.05, 0.1) is 0 Å². The Balaban J connectivity index is 2.45. The maximum atomic E-state index is 12.3. The molecule has 0 aromatic heterocycles. The molecule has 1 saturated carbocycles. The molecular weight excluding hydrogens is 262 g/mol. The van der Waals surface area contributed by atoms with Crippen molar-refractivity contribution in [1.82, 2.24) is 14.3 Å². The van der Waals surface area contributed by atoms with Gasteiger partial charge in [0.15, 0.2) is 0 Å². The van der Waals surface area contributed by atoms with E-state index in [9.17, 15) is 8.42 Å². The minimum atomic E-state index is -3.35. The van der Waals surface area contributed by atoms with E-state index >= 15 is 0 Å². The van der Waals surface area contributed by atoms with Gasteiger partial charge in [-0.15, -0.1) is 0 Å². The predicted molar refractivity (Wildman–Crippen MR) is 79.3 cm³/mol. The van der Waals surface area contributed by atoms with Gasteiger partial charge in [0.1, 0.15) is 0 Å². The molecule has 0 aliphatic heterocycles. The summed E-state index contributed by atoms with van der Waals surface area (Å²) in [7, 11) is -1.70. The highest BCUT2D eigenvalue weighted by Crippen LogP contribution is 2.28. The van der Waals surface area contributed by atoms with Crippen LogP contribution in [0.25, 0.3) is 0 Å². The van der Waals surface area contributed by atoms with Crippen molar-refractivity contribution in [2.75, 3.05) is 26.7 Å². The van der Waals surface area contributed by atoms with Gasteiger partial charge < -0.3 is 5.32 Å². The molecule has 1 rings (SSSR count). The van der Waals surface area contributed by atoms with E-state index in [4.69, 9.17) is 0 Å². The second kappa shape index (κ2) is 7.57. The maximum Gasteiger partial charge on any atom is 0.279 e. The van der Waals surface area contributed by atoms with Crippen molar-refractivity contribution in [3.8, 4) is 0 Å². The number of rotatable bonds is 8. The summed E-state index contributed by atoms with van der Waals surface area (Å²) in [4.78, 5) is 0. The van der Waals surface area contributed by atoms with Crippen molar-refractivity contribution in [2.45, 2.75) is 57.9 Å². The molecule has 1 aliphatic rings. The highest BCUT2D eigenvalue weighted by molar-refractivity contribution is 7.87. The molecule has 1 fully saturated rings. The maximum absolute atomic E-state index is 12.3. The number of nitrogens with zero attached hydrogens (tertiary/aromatic N) is 1. The van der Waals surface area contributed by atoms with Gasteiger partial charge in [0.25, 0.3) is 10.2 Å². The van der Waals surface area contributed by atoms with Crippen LogP contribution >= 0.6 is 0 Å². The van der Waals surface area contributed by atoms with E-state index in [2.05, 4.69) is 10.0 Å². The molecule has 19 heavy (non-hydrogen) atoms. The Kier molecular flexibility index (Phi) is 6.73. The van der Waals surface area contributed by atoms with Crippen molar-refractivity contribution in [1.29, 1.82) is 0 Å². The average Bonchev–Trinajstić information content (AvgIpc) is 2.34. The van der Waals surface area contributed by atoms with Gasteiger partial charge in [-0.05, 0) is 39.3 Å². The summed E-state index contributed by atoms with van der Waals surface area (Å²) in [5, 5.41) is 3.20. The van der Waals surface area contributed by atoms with Crippen LogP contribution in [-0.2, 0) is 10.2 Å². The first-order valence-electron chi connectivity index (χ1n) is 7.35. The first-order valence-corrected chi connectivity index (χ1v) is 8.79. The molecule has 2 N–H and O–H groups in total. The molecule has 0 unspecified atom stereocenters. The lowest BCUT2D eigenvalue weighted by atomic mass is 9.84. The smallest absolute Gasteiger partial charge is 0.279 e. The van der Waals surface area contributed by atoms with Gasteiger partial charge in [-0.25, -0.2) is 0 Å². The van der Waals surface area contributed by atoms with Gasteiger partial charge in [-0.2, -0.15) is 17.4 Å². The fourth-order valence-corrected chi connectivity index (χ4v) is 3.90. The fourth-order valence-electron chi connectivity index (χ4n) is 2.55. The lowest BCUT2D eigenvalue weighted by molar-refractivity contribution is 0.286. The van der Waals surface area contributed by atoms with Gasteiger partial charge in [-0.1, -0.05) is 26.2 Å². The summed E-state index contributed by atoms with van der Waals surface area (Å²) < 4.78 is 28.8. The van der Waals surface area contributed by atoms with Crippen molar-refractivity contribution < 1.29 is 8.42 Å². The number of nitrogens with one attached hydrogen (secondary N) is 2. The molecule has 114 valence electrons. The van der Waals surface area contributed by atoms with Crippen LogP contribution in [0.5, 0.6) is 0 Å². The van der Waals surface area contributed by atoms with Crippen LogP contribution in [0.3, 0.4) is 0 Å². The topological polar surface area (TPSA) is 61.4 Å². The largest absolute Gasteiger partial charge is 0.317 e. The van der Waals surface area contributed by atoms with E-state index < -0.39 is 10.2 Å². The van der Waals surface area contributed by atoms with Crippen molar-refractivity contribution in [2.24, 2.45) is 0 Å². The average molecular weight is 291 g/mol. The molecule has 0 radical (unpaired) electrons. The molecule has 6 heteroatoms. The minimum Gasteiger partial charge on any atom is -0.317 e. The van der Waals surface area contributed by atoms with E-state index in [1.807, 2.05) is 13.8 Å². The zero-order valence-corrected chi connectivity index (χ0v) is 13.4. The Hall–Kier alpha value is -0.170. The Morgan fingerprint density at radius 1 is 1.21 bits per heavy atom. The van der Waals surface area contributed by atoms with E-state index in [0.717, 1.165) is 45.2 Å². The number of hydrogen-bond acceptors (Lipinski definition) is 3. The monoisotopic (exact) mass is 291 g/mol. The summed E-state index contributed by atoms with van der Waals surface area (Å²) in [5.74, 6) is 0. The molecule has 0 amide bonds. The van der Waals surface area contributed by atoms with E-state index in [0.29, 0.717) is 6.54 Å². The minimum absolute atomic E-state index is 0.257. The van der Waals surface area contributed by atoms with Gasteiger partial charge in [0, 0.05) is 19.1 Å². The highest BCUT2D eigenvalue weighted by Gasteiger charge is 2.32. The van der Waals surface area contributed by atoms with Crippen LogP contribution in [-0.4, -0.2) is 44.9 Å². The highest BCUT2D eigenvalue weighted by atomic mass is 32.2. The van der Waals surface area contributed by atoms with Crippen LogP contribution in [0.2, 0.25) is 0 Å².